The summed E-state index contributed by atoms with van der Waals surface area (Å²) in [7, 11) is 0. The molecule has 8 heteroatoms. The largest absolute Gasteiger partial charge is 0.383 e. The third-order valence-corrected chi connectivity index (χ3v) is 5.54. The molecule has 8 nitrogen and oxygen atoms in total. The van der Waals surface area contributed by atoms with E-state index in [1.54, 1.807) is 0 Å². The fourth-order valence-electron chi connectivity index (χ4n) is 3.90. The summed E-state index contributed by atoms with van der Waals surface area (Å²) >= 11 is 0. The molecular weight excluding hydrogens is 368 g/mol. The van der Waals surface area contributed by atoms with E-state index < -0.39 is 5.92 Å². The molecule has 152 valence electrons. The number of rotatable bonds is 4. The molecule has 2 aliphatic heterocycles. The minimum Gasteiger partial charge on any atom is -0.383 e. The number of carbonyl (C=O) groups excluding carboxylic acids is 2. The number of piperidine rings is 1. The van der Waals surface area contributed by atoms with Gasteiger partial charge in [0.25, 0.3) is 0 Å². The zero-order chi connectivity index (χ0) is 20.4. The molecule has 1 fully saturated rings. The first-order valence-electron chi connectivity index (χ1n) is 10.2. The smallest absolute Gasteiger partial charge is 0.232 e. The van der Waals surface area contributed by atoms with Crippen LogP contribution in [0.5, 0.6) is 0 Å². The van der Waals surface area contributed by atoms with Crippen molar-refractivity contribution in [2.45, 2.75) is 44.9 Å². The summed E-state index contributed by atoms with van der Waals surface area (Å²) < 4.78 is 0. The molecule has 4 N–H and O–H groups in total. The van der Waals surface area contributed by atoms with Crippen molar-refractivity contribution in [1.29, 1.82) is 0 Å². The lowest BCUT2D eigenvalue weighted by molar-refractivity contribution is -0.123. The Morgan fingerprint density at radius 3 is 2.62 bits per heavy atom. The summed E-state index contributed by atoms with van der Waals surface area (Å²) in [4.78, 5) is 36.3. The Morgan fingerprint density at radius 1 is 1.21 bits per heavy atom. The second-order valence-corrected chi connectivity index (χ2v) is 7.56. The normalized spacial score (nSPS) is 18.7. The third kappa shape index (κ3) is 4.01. The van der Waals surface area contributed by atoms with Crippen LogP contribution in [0.3, 0.4) is 0 Å². The summed E-state index contributed by atoms with van der Waals surface area (Å²) in [6, 6.07) is 7.67. The van der Waals surface area contributed by atoms with Crippen LogP contribution < -0.4 is 21.3 Å². The summed E-state index contributed by atoms with van der Waals surface area (Å²) in [5, 5.41) is 5.66. The number of nitrogens with zero attached hydrogens (tertiary/aromatic N) is 3. The van der Waals surface area contributed by atoms with E-state index in [-0.39, 0.29) is 24.1 Å². The minimum atomic E-state index is -0.722. The number of hydrogen-bond acceptors (Lipinski definition) is 6. The van der Waals surface area contributed by atoms with Gasteiger partial charge in [-0.05, 0) is 43.4 Å². The van der Waals surface area contributed by atoms with E-state index in [9.17, 15) is 9.59 Å². The third-order valence-electron chi connectivity index (χ3n) is 5.54. The van der Waals surface area contributed by atoms with E-state index in [0.717, 1.165) is 32.4 Å². The van der Waals surface area contributed by atoms with E-state index in [0.29, 0.717) is 23.0 Å². The summed E-state index contributed by atoms with van der Waals surface area (Å²) in [5.41, 5.74) is 8.61. The van der Waals surface area contributed by atoms with Crippen LogP contribution in [0.15, 0.2) is 24.3 Å². The molecule has 2 amide bonds. The van der Waals surface area contributed by atoms with Gasteiger partial charge in [-0.15, -0.1) is 0 Å². The predicted molar refractivity (Wildman–Crippen MR) is 113 cm³/mol. The maximum Gasteiger partial charge on any atom is 0.232 e. The minimum absolute atomic E-state index is 0.0164. The van der Waals surface area contributed by atoms with Crippen LogP contribution in [0.4, 0.5) is 23.3 Å². The molecule has 1 atom stereocenters. The summed E-state index contributed by atoms with van der Waals surface area (Å²) in [6.45, 7) is 3.81. The Kier molecular flexibility index (Phi) is 5.33. The van der Waals surface area contributed by atoms with Crippen molar-refractivity contribution < 1.29 is 9.59 Å². The average Bonchev–Trinajstić information content (AvgIpc) is 2.74. The first kappa shape index (κ1) is 19.2. The van der Waals surface area contributed by atoms with Crippen molar-refractivity contribution in [1.82, 2.24) is 9.97 Å². The lowest BCUT2D eigenvalue weighted by Gasteiger charge is -2.30. The number of hydrogen-bond donors (Lipinski definition) is 3. The molecule has 3 heterocycles. The van der Waals surface area contributed by atoms with Crippen molar-refractivity contribution in [3.05, 3.63) is 35.4 Å². The number of amides is 2. The van der Waals surface area contributed by atoms with Crippen molar-refractivity contribution in [3.8, 4) is 0 Å². The highest BCUT2D eigenvalue weighted by molar-refractivity contribution is 6.05. The SMILES string of the molecule is CCc1ccc(NC(=O)C2CC(=O)Nc3nc(N4CCCCC4)nc(N)c32)cc1. The van der Waals surface area contributed by atoms with Gasteiger partial charge in [-0.1, -0.05) is 19.1 Å². The Morgan fingerprint density at radius 2 is 1.93 bits per heavy atom. The van der Waals surface area contributed by atoms with E-state index in [1.807, 2.05) is 24.3 Å². The highest BCUT2D eigenvalue weighted by Gasteiger charge is 2.35. The van der Waals surface area contributed by atoms with Gasteiger partial charge in [0.15, 0.2) is 0 Å². The highest BCUT2D eigenvalue weighted by Crippen LogP contribution is 2.36. The Labute approximate surface area is 169 Å². The highest BCUT2D eigenvalue weighted by atomic mass is 16.2. The first-order chi connectivity index (χ1) is 14.0. The fourth-order valence-corrected chi connectivity index (χ4v) is 3.90. The summed E-state index contributed by atoms with van der Waals surface area (Å²) in [6.07, 6.45) is 4.29. The van der Waals surface area contributed by atoms with E-state index in [4.69, 9.17) is 5.73 Å². The number of benzene rings is 1. The molecule has 0 spiro atoms. The number of nitrogens with one attached hydrogen (secondary N) is 2. The van der Waals surface area contributed by atoms with Crippen LogP contribution in [0.25, 0.3) is 0 Å². The Bertz CT molecular complexity index is 922. The van der Waals surface area contributed by atoms with Gasteiger partial charge in [-0.3, -0.25) is 9.59 Å². The van der Waals surface area contributed by atoms with Crippen molar-refractivity contribution in [2.24, 2.45) is 0 Å². The molecular formula is C21H26N6O2. The van der Waals surface area contributed by atoms with Gasteiger partial charge >= 0.3 is 0 Å². The molecule has 1 unspecified atom stereocenters. The average molecular weight is 394 g/mol. The maximum atomic E-state index is 13.0. The van der Waals surface area contributed by atoms with Crippen LogP contribution >= 0.6 is 0 Å². The number of carbonyl (C=O) groups is 2. The van der Waals surface area contributed by atoms with Crippen molar-refractivity contribution in [2.75, 3.05) is 34.4 Å². The molecule has 0 bridgehead atoms. The molecule has 29 heavy (non-hydrogen) atoms. The van der Waals surface area contributed by atoms with Crippen LogP contribution in [0, 0.1) is 0 Å². The van der Waals surface area contributed by atoms with Gasteiger partial charge < -0.3 is 21.3 Å². The molecule has 2 aliphatic rings. The topological polar surface area (TPSA) is 113 Å². The fraction of sp³-hybridized carbons (Fsp3) is 0.429. The number of fused-ring (bicyclic) bond motifs is 1. The Balaban J connectivity index is 1.60. The van der Waals surface area contributed by atoms with Gasteiger partial charge in [0.2, 0.25) is 17.8 Å². The van der Waals surface area contributed by atoms with Gasteiger partial charge in [-0.25, -0.2) is 0 Å². The van der Waals surface area contributed by atoms with E-state index in [1.165, 1.54) is 12.0 Å². The molecule has 4 rings (SSSR count). The maximum absolute atomic E-state index is 13.0. The first-order valence-corrected chi connectivity index (χ1v) is 10.2. The van der Waals surface area contributed by atoms with Crippen LogP contribution in [0.1, 0.15) is 49.7 Å². The molecule has 1 aromatic heterocycles. The summed E-state index contributed by atoms with van der Waals surface area (Å²) in [5.74, 6) is -0.154. The second kappa shape index (κ2) is 8.06. The van der Waals surface area contributed by atoms with Crippen LogP contribution in [-0.2, 0) is 16.0 Å². The van der Waals surface area contributed by atoms with Crippen molar-refractivity contribution in [3.63, 3.8) is 0 Å². The number of aromatic nitrogens is 2. The standard InChI is InChI=1S/C21H26N6O2/c1-2-13-6-8-14(9-7-13)23-20(29)15-12-16(28)24-19-17(15)18(22)25-21(26-19)27-10-4-3-5-11-27/h6-9,15H,2-5,10-12H2,1H3,(H,23,29)(H3,22,24,25,26,28). The number of aryl methyl sites for hydroxylation is 1. The zero-order valence-electron chi connectivity index (χ0n) is 16.6. The Hall–Kier alpha value is -3.16. The number of nitrogen functional groups attached to an aromatic ring is 1. The molecule has 0 saturated carbocycles. The lowest BCUT2D eigenvalue weighted by atomic mass is 9.91. The number of anilines is 4. The second-order valence-electron chi connectivity index (χ2n) is 7.56. The lowest BCUT2D eigenvalue weighted by Crippen LogP contribution is -2.35. The molecule has 2 aromatic rings. The van der Waals surface area contributed by atoms with Gasteiger partial charge in [-0.2, -0.15) is 9.97 Å². The predicted octanol–water partition coefficient (Wildman–Crippen LogP) is 2.68. The monoisotopic (exact) mass is 394 g/mol. The number of nitrogens with two attached hydrogens (primary N) is 1. The van der Waals surface area contributed by atoms with Crippen LogP contribution in [-0.4, -0.2) is 34.9 Å². The quantitative estimate of drug-likeness (QED) is 0.735. The molecule has 1 aromatic carbocycles. The van der Waals surface area contributed by atoms with Crippen molar-refractivity contribution >= 4 is 35.1 Å². The van der Waals surface area contributed by atoms with Gasteiger partial charge in [0, 0.05) is 25.2 Å². The molecule has 1 saturated heterocycles. The molecule has 0 aliphatic carbocycles. The zero-order valence-corrected chi connectivity index (χ0v) is 16.6. The van der Waals surface area contributed by atoms with E-state index >= 15 is 0 Å². The van der Waals surface area contributed by atoms with Crippen LogP contribution in [0.2, 0.25) is 0 Å². The van der Waals surface area contributed by atoms with Gasteiger partial charge in [0.1, 0.15) is 11.6 Å². The van der Waals surface area contributed by atoms with E-state index in [2.05, 4.69) is 32.4 Å². The molecule has 0 radical (unpaired) electrons. The van der Waals surface area contributed by atoms with Gasteiger partial charge in [0.05, 0.1) is 11.5 Å².